The summed E-state index contributed by atoms with van der Waals surface area (Å²) in [5.74, 6) is 0. The first-order valence-corrected chi connectivity index (χ1v) is 4.88. The van der Waals surface area contributed by atoms with Crippen molar-refractivity contribution in [3.05, 3.63) is 29.1 Å². The lowest BCUT2D eigenvalue weighted by Crippen LogP contribution is -2.11. The molecule has 1 aromatic heterocycles. The molecule has 0 unspecified atom stereocenters. The summed E-state index contributed by atoms with van der Waals surface area (Å²) in [6.45, 7) is 0. The van der Waals surface area contributed by atoms with Crippen LogP contribution in [0, 0.1) is 0 Å². The third kappa shape index (κ3) is 2.87. The van der Waals surface area contributed by atoms with Crippen LogP contribution >= 0.6 is 15.9 Å². The number of rotatable bonds is 2. The van der Waals surface area contributed by atoms with Gasteiger partial charge in [0.1, 0.15) is 0 Å². The van der Waals surface area contributed by atoms with Crippen LogP contribution in [0.3, 0.4) is 0 Å². The van der Waals surface area contributed by atoms with Crippen molar-refractivity contribution in [3.63, 3.8) is 0 Å². The van der Waals surface area contributed by atoms with Crippen molar-refractivity contribution in [2.45, 2.75) is 17.9 Å². The maximum atomic E-state index is 12.3. The van der Waals surface area contributed by atoms with E-state index in [0.717, 1.165) is 6.07 Å². The summed E-state index contributed by atoms with van der Waals surface area (Å²) in [4.78, 5) is 3.41. The summed E-state index contributed by atoms with van der Waals surface area (Å²) in [6, 6.07) is 0.752. The predicted molar refractivity (Wildman–Crippen MR) is 46.8 cm³/mol. The van der Waals surface area contributed by atoms with Crippen LogP contribution in [0.2, 0.25) is 0 Å². The number of pyridine rings is 1. The smallest absolute Gasteiger partial charge is 0.260 e. The quantitative estimate of drug-likeness (QED) is 0.594. The molecule has 0 N–H and O–H groups in total. The van der Waals surface area contributed by atoms with Gasteiger partial charge in [-0.2, -0.15) is 13.2 Å². The van der Waals surface area contributed by atoms with E-state index in [1.807, 2.05) is 0 Å². The molecule has 0 saturated heterocycles. The molecule has 1 heterocycles. The Labute approximate surface area is 90.4 Å². The Kier molecular flexibility index (Phi) is 3.64. The van der Waals surface area contributed by atoms with Crippen LogP contribution in [0.1, 0.15) is 23.2 Å². The van der Waals surface area contributed by atoms with E-state index in [1.165, 1.54) is 0 Å². The van der Waals surface area contributed by atoms with Gasteiger partial charge in [0, 0.05) is 17.1 Å². The first kappa shape index (κ1) is 12.4. The zero-order valence-corrected chi connectivity index (χ0v) is 8.74. The minimum Gasteiger partial charge on any atom is -0.260 e. The number of aromatic nitrogens is 1. The number of hydrogen-bond donors (Lipinski definition) is 0. The normalized spacial score (nSPS) is 12.2. The lowest BCUT2D eigenvalue weighted by molar-refractivity contribution is -0.139. The molecule has 7 heteroatoms. The largest absolute Gasteiger partial charge is 0.418 e. The molecule has 0 aliphatic rings. The van der Waals surface area contributed by atoms with E-state index >= 15 is 0 Å². The summed E-state index contributed by atoms with van der Waals surface area (Å²) in [7, 11) is 0. The summed E-state index contributed by atoms with van der Waals surface area (Å²) in [6.07, 6.45) is -7.54. The fraction of sp³-hybridized carbons (Fsp3) is 0.375. The SMILES string of the molecule is FC(F)c1cc(CBr)ncc1C(F)(F)F. The molecule has 15 heavy (non-hydrogen) atoms. The van der Waals surface area contributed by atoms with Gasteiger partial charge < -0.3 is 0 Å². The van der Waals surface area contributed by atoms with E-state index in [4.69, 9.17) is 0 Å². The highest BCUT2D eigenvalue weighted by molar-refractivity contribution is 9.08. The molecule has 1 rings (SSSR count). The van der Waals surface area contributed by atoms with E-state index in [-0.39, 0.29) is 11.0 Å². The zero-order chi connectivity index (χ0) is 11.6. The Morgan fingerprint density at radius 1 is 1.33 bits per heavy atom. The predicted octanol–water partition coefficient (Wildman–Crippen LogP) is 3.93. The molecule has 0 aliphatic carbocycles. The second kappa shape index (κ2) is 4.42. The second-order valence-electron chi connectivity index (χ2n) is 2.69. The molecule has 0 bridgehead atoms. The van der Waals surface area contributed by atoms with Crippen molar-refractivity contribution in [3.8, 4) is 0 Å². The fourth-order valence-corrected chi connectivity index (χ4v) is 1.31. The minimum atomic E-state index is -4.80. The van der Waals surface area contributed by atoms with Gasteiger partial charge in [-0.15, -0.1) is 0 Å². The van der Waals surface area contributed by atoms with E-state index in [9.17, 15) is 22.0 Å². The lowest BCUT2D eigenvalue weighted by Gasteiger charge is -2.12. The Balaban J connectivity index is 3.28. The van der Waals surface area contributed by atoms with Crippen molar-refractivity contribution in [2.24, 2.45) is 0 Å². The number of nitrogens with zero attached hydrogens (tertiary/aromatic N) is 1. The first-order chi connectivity index (χ1) is 6.86. The fourth-order valence-electron chi connectivity index (χ4n) is 1.01. The average molecular weight is 290 g/mol. The summed E-state index contributed by atoms with van der Waals surface area (Å²) < 4.78 is 61.4. The Hall–Kier alpha value is -0.720. The maximum Gasteiger partial charge on any atom is 0.418 e. The van der Waals surface area contributed by atoms with Gasteiger partial charge in [0.25, 0.3) is 6.43 Å². The van der Waals surface area contributed by atoms with E-state index < -0.39 is 23.7 Å². The van der Waals surface area contributed by atoms with Crippen LogP contribution in [-0.4, -0.2) is 4.98 Å². The van der Waals surface area contributed by atoms with Gasteiger partial charge in [-0.1, -0.05) is 15.9 Å². The molecule has 0 radical (unpaired) electrons. The molecule has 0 saturated carbocycles. The van der Waals surface area contributed by atoms with Gasteiger partial charge in [-0.3, -0.25) is 4.98 Å². The molecule has 0 amide bonds. The van der Waals surface area contributed by atoms with Crippen LogP contribution in [0.5, 0.6) is 0 Å². The summed E-state index contributed by atoms with van der Waals surface area (Å²) in [5, 5.41) is 0.130. The molecule has 84 valence electrons. The average Bonchev–Trinajstić information content (AvgIpc) is 2.15. The van der Waals surface area contributed by atoms with Gasteiger partial charge >= 0.3 is 6.18 Å². The monoisotopic (exact) mass is 289 g/mol. The third-order valence-corrected chi connectivity index (χ3v) is 2.24. The van der Waals surface area contributed by atoms with Crippen molar-refractivity contribution in [2.75, 3.05) is 0 Å². The zero-order valence-electron chi connectivity index (χ0n) is 7.15. The second-order valence-corrected chi connectivity index (χ2v) is 3.26. The number of alkyl halides is 6. The van der Waals surface area contributed by atoms with Crippen LogP contribution in [-0.2, 0) is 11.5 Å². The van der Waals surface area contributed by atoms with Gasteiger partial charge in [0.2, 0.25) is 0 Å². The van der Waals surface area contributed by atoms with Crippen molar-refractivity contribution >= 4 is 15.9 Å². The molecule has 0 fully saturated rings. The minimum absolute atomic E-state index is 0.130. The highest BCUT2D eigenvalue weighted by Gasteiger charge is 2.36. The Bertz CT molecular complexity index is 349. The third-order valence-electron chi connectivity index (χ3n) is 1.67. The van der Waals surface area contributed by atoms with E-state index in [0.29, 0.717) is 6.20 Å². The molecule has 1 aromatic rings. The summed E-state index contributed by atoms with van der Waals surface area (Å²) >= 11 is 2.93. The van der Waals surface area contributed by atoms with Gasteiger partial charge in [0.05, 0.1) is 11.3 Å². The van der Waals surface area contributed by atoms with E-state index in [2.05, 4.69) is 20.9 Å². The highest BCUT2D eigenvalue weighted by atomic mass is 79.9. The standard InChI is InChI=1S/C8H5BrF5N/c9-2-4-1-5(7(10)11)6(3-15-4)8(12,13)14/h1,3,7H,2H2. The topological polar surface area (TPSA) is 12.9 Å². The number of hydrogen-bond acceptors (Lipinski definition) is 1. The molecule has 1 nitrogen and oxygen atoms in total. The first-order valence-electron chi connectivity index (χ1n) is 3.76. The van der Waals surface area contributed by atoms with Crippen LogP contribution in [0.15, 0.2) is 12.3 Å². The van der Waals surface area contributed by atoms with Gasteiger partial charge in [-0.25, -0.2) is 8.78 Å². The van der Waals surface area contributed by atoms with E-state index in [1.54, 1.807) is 0 Å². The van der Waals surface area contributed by atoms with Crippen molar-refractivity contribution < 1.29 is 22.0 Å². The number of halogens is 6. The molecule has 0 atom stereocenters. The van der Waals surface area contributed by atoms with Crippen LogP contribution < -0.4 is 0 Å². The lowest BCUT2D eigenvalue weighted by atomic mass is 10.1. The molecule has 0 aromatic carbocycles. The Morgan fingerprint density at radius 3 is 2.33 bits per heavy atom. The summed E-state index contributed by atoms with van der Waals surface area (Å²) in [5.41, 5.74) is -2.28. The van der Waals surface area contributed by atoms with Crippen LogP contribution in [0.4, 0.5) is 22.0 Å². The van der Waals surface area contributed by atoms with Crippen molar-refractivity contribution in [1.82, 2.24) is 4.98 Å². The highest BCUT2D eigenvalue weighted by Crippen LogP contribution is 2.36. The van der Waals surface area contributed by atoms with Crippen LogP contribution in [0.25, 0.3) is 0 Å². The molecular weight excluding hydrogens is 285 g/mol. The van der Waals surface area contributed by atoms with Crippen molar-refractivity contribution in [1.29, 1.82) is 0 Å². The molecule has 0 spiro atoms. The van der Waals surface area contributed by atoms with Gasteiger partial charge in [-0.05, 0) is 6.07 Å². The molecular formula is C8H5BrF5N. The maximum absolute atomic E-state index is 12.3. The Morgan fingerprint density at radius 2 is 1.93 bits per heavy atom. The molecule has 0 aliphatic heterocycles. The van der Waals surface area contributed by atoms with Gasteiger partial charge in [0.15, 0.2) is 0 Å².